The predicted octanol–water partition coefficient (Wildman–Crippen LogP) is 0.500. The van der Waals surface area contributed by atoms with E-state index in [1.807, 2.05) is 49.0 Å². The Hall–Kier alpha value is -2.74. The van der Waals surface area contributed by atoms with E-state index in [0.29, 0.717) is 31.9 Å². The summed E-state index contributed by atoms with van der Waals surface area (Å²) in [5, 5.41) is 7.20. The minimum Gasteiger partial charge on any atom is -0.345 e. The molecule has 1 aliphatic heterocycles. The fourth-order valence-electron chi connectivity index (χ4n) is 2.81. The molecule has 1 aliphatic rings. The maximum absolute atomic E-state index is 12.5. The fraction of sp³-hybridized carbons (Fsp3) is 0.444. The third kappa shape index (κ3) is 3.91. The third-order valence-electron chi connectivity index (χ3n) is 4.63. The number of nitrogens with one attached hydrogen (secondary N) is 1. The summed E-state index contributed by atoms with van der Waals surface area (Å²) in [6, 6.07) is 7.15. The number of rotatable bonds is 5. The maximum atomic E-state index is 12.5. The van der Waals surface area contributed by atoms with Crippen molar-refractivity contribution in [2.45, 2.75) is 32.6 Å². The number of hydrogen-bond donors (Lipinski definition) is 1. The van der Waals surface area contributed by atoms with Crippen molar-refractivity contribution in [3.8, 4) is 0 Å². The van der Waals surface area contributed by atoms with Gasteiger partial charge in [0.15, 0.2) is 5.69 Å². The van der Waals surface area contributed by atoms with Crippen LogP contribution in [0.15, 0.2) is 30.5 Å². The van der Waals surface area contributed by atoms with Crippen LogP contribution in [0.2, 0.25) is 0 Å². The average Bonchev–Trinajstić information content (AvgIpc) is 3.09. The van der Waals surface area contributed by atoms with Crippen LogP contribution in [-0.4, -0.2) is 63.1 Å². The van der Waals surface area contributed by atoms with Crippen LogP contribution < -0.4 is 5.32 Å². The predicted molar refractivity (Wildman–Crippen MR) is 96.2 cm³/mol. The first-order valence-corrected chi connectivity index (χ1v) is 8.65. The van der Waals surface area contributed by atoms with E-state index in [1.54, 1.807) is 16.9 Å². The van der Waals surface area contributed by atoms with Crippen LogP contribution in [0.1, 0.15) is 28.8 Å². The van der Waals surface area contributed by atoms with Crippen LogP contribution in [-0.2, 0) is 24.4 Å². The Kier molecular flexibility index (Phi) is 5.32. The molecule has 0 fully saturated rings. The largest absolute Gasteiger partial charge is 0.345 e. The van der Waals surface area contributed by atoms with Crippen LogP contribution in [0, 0.1) is 0 Å². The number of nitrogens with zero attached hydrogens (tertiary/aromatic N) is 5. The Morgan fingerprint density at radius 1 is 1.31 bits per heavy atom. The van der Waals surface area contributed by atoms with Gasteiger partial charge < -0.3 is 10.2 Å². The zero-order valence-corrected chi connectivity index (χ0v) is 15.3. The normalized spacial score (nSPS) is 14.8. The van der Waals surface area contributed by atoms with Gasteiger partial charge in [-0.3, -0.25) is 24.2 Å². The van der Waals surface area contributed by atoms with E-state index in [4.69, 9.17) is 0 Å². The minimum atomic E-state index is -0.239. The molecule has 2 amide bonds. The summed E-state index contributed by atoms with van der Waals surface area (Å²) >= 11 is 0. The van der Waals surface area contributed by atoms with Gasteiger partial charge in [0.1, 0.15) is 0 Å². The molecule has 2 aromatic heterocycles. The van der Waals surface area contributed by atoms with Gasteiger partial charge in [0.05, 0.1) is 37.1 Å². The highest BCUT2D eigenvalue weighted by Crippen LogP contribution is 2.15. The van der Waals surface area contributed by atoms with E-state index < -0.39 is 0 Å². The molecular formula is C18H24N6O2. The molecular weight excluding hydrogens is 332 g/mol. The standard InChI is InChI=1S/C18H24N6O2/c1-13(22(2)3)18(26)23-8-9-24-15(12-23)10-16(21-24)17(25)20-11-14-6-4-5-7-19-14/h4-7,10,13H,8-9,11-12H2,1-3H3,(H,20,25)/t13-/m0/s1. The Labute approximate surface area is 152 Å². The molecule has 26 heavy (non-hydrogen) atoms. The molecule has 3 heterocycles. The van der Waals surface area contributed by atoms with Crippen molar-refractivity contribution in [2.75, 3.05) is 20.6 Å². The van der Waals surface area contributed by atoms with Crippen molar-refractivity contribution < 1.29 is 9.59 Å². The minimum absolute atomic E-state index is 0.0867. The summed E-state index contributed by atoms with van der Waals surface area (Å²) in [6.45, 7) is 3.91. The molecule has 1 N–H and O–H groups in total. The Bertz CT molecular complexity index is 786. The van der Waals surface area contributed by atoms with Gasteiger partial charge in [-0.05, 0) is 39.2 Å². The number of likely N-dealkylation sites (N-methyl/N-ethyl adjacent to an activating group) is 1. The Morgan fingerprint density at radius 3 is 2.81 bits per heavy atom. The number of amides is 2. The van der Waals surface area contributed by atoms with Crippen LogP contribution in [0.25, 0.3) is 0 Å². The van der Waals surface area contributed by atoms with Crippen molar-refractivity contribution in [1.29, 1.82) is 0 Å². The molecule has 0 saturated heterocycles. The highest BCUT2D eigenvalue weighted by Gasteiger charge is 2.27. The van der Waals surface area contributed by atoms with Crippen molar-refractivity contribution in [3.63, 3.8) is 0 Å². The number of fused-ring (bicyclic) bond motifs is 1. The summed E-state index contributed by atoms with van der Waals surface area (Å²) in [7, 11) is 3.78. The molecule has 2 aromatic rings. The fourth-order valence-corrected chi connectivity index (χ4v) is 2.81. The second kappa shape index (κ2) is 7.65. The van der Waals surface area contributed by atoms with E-state index in [0.717, 1.165) is 11.4 Å². The molecule has 0 spiro atoms. The molecule has 0 saturated carbocycles. The van der Waals surface area contributed by atoms with E-state index >= 15 is 0 Å². The molecule has 0 unspecified atom stereocenters. The first-order chi connectivity index (χ1) is 12.5. The molecule has 0 aliphatic carbocycles. The van der Waals surface area contributed by atoms with Gasteiger partial charge in [-0.1, -0.05) is 6.07 Å². The molecule has 0 radical (unpaired) electrons. The van der Waals surface area contributed by atoms with E-state index in [2.05, 4.69) is 15.4 Å². The van der Waals surface area contributed by atoms with Gasteiger partial charge in [0.25, 0.3) is 5.91 Å². The lowest BCUT2D eigenvalue weighted by atomic mass is 10.2. The SMILES string of the molecule is C[C@@H](C(=O)N1CCn2nc(C(=O)NCc3ccccn3)cc2C1)N(C)C. The first-order valence-electron chi connectivity index (χ1n) is 8.65. The molecule has 1 atom stereocenters. The number of carbonyl (C=O) groups excluding carboxylic acids is 2. The molecule has 138 valence electrons. The van der Waals surface area contributed by atoms with Gasteiger partial charge in [-0.15, -0.1) is 0 Å². The summed E-state index contributed by atoms with van der Waals surface area (Å²) < 4.78 is 1.81. The smallest absolute Gasteiger partial charge is 0.272 e. The summed E-state index contributed by atoms with van der Waals surface area (Å²) in [4.78, 5) is 32.8. The van der Waals surface area contributed by atoms with E-state index in [-0.39, 0.29) is 17.9 Å². The van der Waals surface area contributed by atoms with Crippen molar-refractivity contribution >= 4 is 11.8 Å². The quantitative estimate of drug-likeness (QED) is 0.844. The lowest BCUT2D eigenvalue weighted by molar-refractivity contribution is -0.137. The van der Waals surface area contributed by atoms with Crippen molar-refractivity contribution in [3.05, 3.63) is 47.5 Å². The first kappa shape index (κ1) is 18.1. The average molecular weight is 356 g/mol. The number of aromatic nitrogens is 3. The van der Waals surface area contributed by atoms with Crippen LogP contribution in [0.3, 0.4) is 0 Å². The van der Waals surface area contributed by atoms with E-state index in [1.165, 1.54) is 0 Å². The zero-order valence-electron chi connectivity index (χ0n) is 15.3. The van der Waals surface area contributed by atoms with Gasteiger partial charge in [-0.2, -0.15) is 5.10 Å². The Balaban J connectivity index is 1.63. The highest BCUT2D eigenvalue weighted by atomic mass is 16.2. The van der Waals surface area contributed by atoms with Crippen molar-refractivity contribution in [2.24, 2.45) is 0 Å². The lowest BCUT2D eigenvalue weighted by Gasteiger charge is -2.31. The monoisotopic (exact) mass is 356 g/mol. The van der Waals surface area contributed by atoms with Gasteiger partial charge in [-0.25, -0.2) is 0 Å². The van der Waals surface area contributed by atoms with Gasteiger partial charge in [0.2, 0.25) is 5.91 Å². The zero-order chi connectivity index (χ0) is 18.7. The summed E-state index contributed by atoms with van der Waals surface area (Å²) in [6.07, 6.45) is 1.69. The summed E-state index contributed by atoms with van der Waals surface area (Å²) in [5.41, 5.74) is 2.03. The van der Waals surface area contributed by atoms with Crippen LogP contribution >= 0.6 is 0 Å². The molecule has 8 heteroatoms. The third-order valence-corrected chi connectivity index (χ3v) is 4.63. The van der Waals surface area contributed by atoms with Crippen molar-refractivity contribution in [1.82, 2.24) is 29.9 Å². The molecule has 0 aromatic carbocycles. The van der Waals surface area contributed by atoms with E-state index in [9.17, 15) is 9.59 Å². The van der Waals surface area contributed by atoms with Crippen LogP contribution in [0.5, 0.6) is 0 Å². The van der Waals surface area contributed by atoms with Crippen LogP contribution in [0.4, 0.5) is 0 Å². The second-order valence-electron chi connectivity index (χ2n) is 6.65. The maximum Gasteiger partial charge on any atom is 0.272 e. The topological polar surface area (TPSA) is 83.4 Å². The van der Waals surface area contributed by atoms with Gasteiger partial charge >= 0.3 is 0 Å². The molecule has 8 nitrogen and oxygen atoms in total. The highest BCUT2D eigenvalue weighted by molar-refractivity contribution is 5.92. The number of hydrogen-bond acceptors (Lipinski definition) is 5. The summed E-state index contributed by atoms with van der Waals surface area (Å²) in [5.74, 6) is -0.152. The molecule has 3 rings (SSSR count). The number of pyridine rings is 1. The lowest BCUT2D eigenvalue weighted by Crippen LogP contribution is -2.47. The Morgan fingerprint density at radius 2 is 2.12 bits per heavy atom. The molecule has 0 bridgehead atoms. The number of carbonyl (C=O) groups is 2. The second-order valence-corrected chi connectivity index (χ2v) is 6.65. The van der Waals surface area contributed by atoms with Gasteiger partial charge in [0, 0.05) is 12.7 Å².